The standard InChI is InChI=1S/C21H26N2O3/c1-4-23(14-17-9-7-6-8-10-17)15-19-13-18(21(25)26-5-2)11-12-20(19)22-16(3)24/h6-13H,4-5,14-15H2,1-3H3,(H,22,24). The van der Waals surface area contributed by atoms with Crippen molar-refractivity contribution in [1.82, 2.24) is 4.90 Å². The number of nitrogens with one attached hydrogen (secondary N) is 1. The Morgan fingerprint density at radius 1 is 1.04 bits per heavy atom. The number of esters is 1. The molecule has 0 aliphatic rings. The van der Waals surface area contributed by atoms with E-state index in [0.717, 1.165) is 24.3 Å². The van der Waals surface area contributed by atoms with Gasteiger partial charge in [0, 0.05) is 25.7 Å². The van der Waals surface area contributed by atoms with Crippen LogP contribution in [0.2, 0.25) is 0 Å². The van der Waals surface area contributed by atoms with Crippen LogP contribution in [-0.4, -0.2) is 29.9 Å². The smallest absolute Gasteiger partial charge is 0.338 e. The molecule has 0 atom stereocenters. The molecule has 0 bridgehead atoms. The highest BCUT2D eigenvalue weighted by Gasteiger charge is 2.14. The molecule has 0 saturated heterocycles. The fourth-order valence-corrected chi connectivity index (χ4v) is 2.74. The van der Waals surface area contributed by atoms with Gasteiger partial charge in [0.25, 0.3) is 0 Å². The van der Waals surface area contributed by atoms with Crippen molar-refractivity contribution in [2.24, 2.45) is 0 Å². The third kappa shape index (κ3) is 5.70. The zero-order valence-electron chi connectivity index (χ0n) is 15.6. The molecule has 2 aromatic rings. The molecule has 138 valence electrons. The van der Waals surface area contributed by atoms with Gasteiger partial charge in [-0.25, -0.2) is 4.79 Å². The van der Waals surface area contributed by atoms with Crippen molar-refractivity contribution in [2.45, 2.75) is 33.9 Å². The number of hydrogen-bond donors (Lipinski definition) is 1. The highest BCUT2D eigenvalue weighted by molar-refractivity contribution is 5.93. The van der Waals surface area contributed by atoms with E-state index >= 15 is 0 Å². The number of ether oxygens (including phenoxy) is 1. The maximum absolute atomic E-state index is 12.1. The van der Waals surface area contributed by atoms with E-state index in [1.807, 2.05) is 18.2 Å². The second kappa shape index (κ2) is 9.73. The maximum atomic E-state index is 12.1. The third-order valence-corrected chi connectivity index (χ3v) is 4.02. The summed E-state index contributed by atoms with van der Waals surface area (Å²) in [6.07, 6.45) is 0. The quantitative estimate of drug-likeness (QED) is 0.732. The van der Waals surface area contributed by atoms with E-state index in [2.05, 4.69) is 29.3 Å². The molecular formula is C21H26N2O3. The van der Waals surface area contributed by atoms with Crippen LogP contribution in [0.3, 0.4) is 0 Å². The van der Waals surface area contributed by atoms with Crippen LogP contribution in [0.1, 0.15) is 42.3 Å². The lowest BCUT2D eigenvalue weighted by Gasteiger charge is -2.22. The summed E-state index contributed by atoms with van der Waals surface area (Å²) in [7, 11) is 0. The molecule has 0 unspecified atom stereocenters. The minimum Gasteiger partial charge on any atom is -0.462 e. The zero-order chi connectivity index (χ0) is 18.9. The summed E-state index contributed by atoms with van der Waals surface area (Å²) in [5, 5.41) is 2.85. The van der Waals surface area contributed by atoms with Gasteiger partial charge < -0.3 is 10.1 Å². The maximum Gasteiger partial charge on any atom is 0.338 e. The first-order valence-corrected chi connectivity index (χ1v) is 8.87. The normalized spacial score (nSPS) is 10.6. The molecule has 0 aliphatic carbocycles. The summed E-state index contributed by atoms with van der Waals surface area (Å²) in [5.74, 6) is -0.490. The molecule has 1 N–H and O–H groups in total. The molecule has 0 heterocycles. The van der Waals surface area contributed by atoms with Crippen LogP contribution >= 0.6 is 0 Å². The Morgan fingerprint density at radius 2 is 1.77 bits per heavy atom. The average molecular weight is 354 g/mol. The SMILES string of the molecule is CCOC(=O)c1ccc(NC(C)=O)c(CN(CC)Cc2ccccc2)c1. The molecule has 2 rings (SSSR count). The van der Waals surface area contributed by atoms with Crippen LogP contribution in [0.5, 0.6) is 0 Å². The number of benzene rings is 2. The molecule has 0 aliphatic heterocycles. The van der Waals surface area contributed by atoms with Gasteiger partial charge in [0.2, 0.25) is 5.91 Å². The van der Waals surface area contributed by atoms with E-state index in [-0.39, 0.29) is 11.9 Å². The fourth-order valence-electron chi connectivity index (χ4n) is 2.74. The molecule has 0 aromatic heterocycles. The van der Waals surface area contributed by atoms with Crippen molar-refractivity contribution >= 4 is 17.6 Å². The molecule has 0 fully saturated rings. The third-order valence-electron chi connectivity index (χ3n) is 4.02. The molecule has 5 nitrogen and oxygen atoms in total. The molecule has 0 radical (unpaired) electrons. The van der Waals surface area contributed by atoms with Crippen LogP contribution in [0.25, 0.3) is 0 Å². The summed E-state index contributed by atoms with van der Waals surface area (Å²) in [6, 6.07) is 15.5. The van der Waals surface area contributed by atoms with Crippen LogP contribution < -0.4 is 5.32 Å². The second-order valence-electron chi connectivity index (χ2n) is 6.06. The van der Waals surface area contributed by atoms with E-state index in [0.29, 0.717) is 18.7 Å². The Balaban J connectivity index is 2.25. The van der Waals surface area contributed by atoms with Crippen LogP contribution in [0.4, 0.5) is 5.69 Å². The summed E-state index contributed by atoms with van der Waals surface area (Å²) in [6.45, 7) is 7.94. The largest absolute Gasteiger partial charge is 0.462 e. The number of hydrogen-bond acceptors (Lipinski definition) is 4. The van der Waals surface area contributed by atoms with Crippen LogP contribution in [0, 0.1) is 0 Å². The van der Waals surface area contributed by atoms with Gasteiger partial charge in [-0.3, -0.25) is 9.69 Å². The fraction of sp³-hybridized carbons (Fsp3) is 0.333. The lowest BCUT2D eigenvalue weighted by atomic mass is 10.1. The molecule has 5 heteroatoms. The number of anilines is 1. The van der Waals surface area contributed by atoms with E-state index in [9.17, 15) is 9.59 Å². The van der Waals surface area contributed by atoms with Crippen LogP contribution in [-0.2, 0) is 22.6 Å². The Labute approximate surface area is 155 Å². The van der Waals surface area contributed by atoms with E-state index in [4.69, 9.17) is 4.74 Å². The number of carbonyl (C=O) groups is 2. The molecule has 0 saturated carbocycles. The summed E-state index contributed by atoms with van der Waals surface area (Å²) in [4.78, 5) is 25.8. The first kappa shape index (κ1) is 19.7. The predicted molar refractivity (Wildman–Crippen MR) is 103 cm³/mol. The number of nitrogens with zero attached hydrogens (tertiary/aromatic N) is 1. The van der Waals surface area contributed by atoms with Gasteiger partial charge in [0.15, 0.2) is 0 Å². The molecule has 0 spiro atoms. The predicted octanol–water partition coefficient (Wildman–Crippen LogP) is 3.84. The summed E-state index contributed by atoms with van der Waals surface area (Å²) >= 11 is 0. The Morgan fingerprint density at radius 3 is 2.38 bits per heavy atom. The van der Waals surface area contributed by atoms with Crippen molar-refractivity contribution in [1.29, 1.82) is 0 Å². The van der Waals surface area contributed by atoms with Crippen molar-refractivity contribution < 1.29 is 14.3 Å². The molecular weight excluding hydrogens is 328 g/mol. The van der Waals surface area contributed by atoms with Crippen molar-refractivity contribution in [2.75, 3.05) is 18.5 Å². The van der Waals surface area contributed by atoms with Gasteiger partial charge in [-0.2, -0.15) is 0 Å². The molecule has 26 heavy (non-hydrogen) atoms. The van der Waals surface area contributed by atoms with Crippen molar-refractivity contribution in [3.63, 3.8) is 0 Å². The Bertz CT molecular complexity index is 744. The monoisotopic (exact) mass is 354 g/mol. The van der Waals surface area contributed by atoms with Gasteiger partial charge in [-0.15, -0.1) is 0 Å². The van der Waals surface area contributed by atoms with Crippen LogP contribution in [0.15, 0.2) is 48.5 Å². The van der Waals surface area contributed by atoms with Gasteiger partial charge in [0.1, 0.15) is 0 Å². The van der Waals surface area contributed by atoms with Gasteiger partial charge in [-0.05, 0) is 42.8 Å². The lowest BCUT2D eigenvalue weighted by Crippen LogP contribution is -2.23. The van der Waals surface area contributed by atoms with Crippen molar-refractivity contribution in [3.8, 4) is 0 Å². The summed E-state index contributed by atoms with van der Waals surface area (Å²) < 4.78 is 5.09. The highest BCUT2D eigenvalue weighted by atomic mass is 16.5. The van der Waals surface area contributed by atoms with Crippen molar-refractivity contribution in [3.05, 3.63) is 65.2 Å². The van der Waals surface area contributed by atoms with E-state index in [1.165, 1.54) is 12.5 Å². The number of amides is 1. The Hall–Kier alpha value is -2.66. The van der Waals surface area contributed by atoms with Gasteiger partial charge >= 0.3 is 5.97 Å². The number of carbonyl (C=O) groups excluding carboxylic acids is 2. The lowest BCUT2D eigenvalue weighted by molar-refractivity contribution is -0.114. The minimum atomic E-state index is -0.353. The minimum absolute atomic E-state index is 0.138. The van der Waals surface area contributed by atoms with E-state index in [1.54, 1.807) is 25.1 Å². The highest BCUT2D eigenvalue weighted by Crippen LogP contribution is 2.21. The zero-order valence-corrected chi connectivity index (χ0v) is 15.6. The average Bonchev–Trinajstić information content (AvgIpc) is 2.63. The second-order valence-corrected chi connectivity index (χ2v) is 6.06. The topological polar surface area (TPSA) is 58.6 Å². The van der Waals surface area contributed by atoms with Gasteiger partial charge in [-0.1, -0.05) is 37.3 Å². The Kier molecular flexibility index (Phi) is 7.36. The number of rotatable bonds is 8. The van der Waals surface area contributed by atoms with E-state index < -0.39 is 0 Å². The van der Waals surface area contributed by atoms with Gasteiger partial charge in [0.05, 0.1) is 12.2 Å². The molecule has 2 aromatic carbocycles. The summed E-state index contributed by atoms with van der Waals surface area (Å²) in [5.41, 5.74) is 3.32. The first-order valence-electron chi connectivity index (χ1n) is 8.87. The molecule has 1 amide bonds. The first-order chi connectivity index (χ1) is 12.5.